The Morgan fingerprint density at radius 1 is 1.45 bits per heavy atom. The van der Waals surface area contributed by atoms with Crippen molar-refractivity contribution in [3.05, 3.63) is 35.8 Å². The molecule has 2 aromatic rings. The lowest BCUT2D eigenvalue weighted by atomic mass is 10.1. The first-order chi connectivity index (χ1) is 10.5. The number of aliphatic hydroxyl groups excluding tert-OH is 2. The highest BCUT2D eigenvalue weighted by atomic mass is 16.3. The third kappa shape index (κ3) is 3.12. The quantitative estimate of drug-likeness (QED) is 0.616. The average Bonchev–Trinajstić information content (AvgIpc) is 2.80. The summed E-state index contributed by atoms with van der Waals surface area (Å²) in [6, 6.07) is 1.74. The van der Waals surface area contributed by atoms with E-state index in [1.165, 1.54) is 0 Å². The molecular formula is C16H22N4O2. The number of H-pyrrole nitrogens is 1. The molecular weight excluding hydrogens is 280 g/mol. The lowest BCUT2D eigenvalue weighted by molar-refractivity contribution is 0.271. The molecule has 0 unspecified atom stereocenters. The molecule has 118 valence electrons. The third-order valence-electron chi connectivity index (χ3n) is 3.68. The molecule has 6 nitrogen and oxygen atoms in total. The van der Waals surface area contributed by atoms with E-state index >= 15 is 0 Å². The fourth-order valence-electron chi connectivity index (χ4n) is 2.45. The molecule has 2 aromatic heterocycles. The minimum atomic E-state index is -0.0727. The number of hydrogen-bond acceptors (Lipinski definition) is 5. The van der Waals surface area contributed by atoms with Gasteiger partial charge in [-0.05, 0) is 31.9 Å². The highest BCUT2D eigenvalue weighted by molar-refractivity contribution is 5.74. The Kier molecular flexibility index (Phi) is 4.82. The first-order valence-electron chi connectivity index (χ1n) is 7.26. The second-order valence-electron chi connectivity index (χ2n) is 5.27. The Morgan fingerprint density at radius 2 is 2.18 bits per heavy atom. The maximum atomic E-state index is 9.63. The summed E-state index contributed by atoms with van der Waals surface area (Å²) in [6.45, 7) is 9.41. The standard InChI is InChI=1S/C16H22N4O2/c1-5-12(8-21)19-16-17-7-6-13(20-16)14-9(2)15(11(4)22)18-10(14)3/h6-7,12,18,21-22H,4-5,8H2,1-3H3,(H,17,19,20)/t12-/m0/s1. The normalized spacial score (nSPS) is 12.2. The van der Waals surface area contributed by atoms with Gasteiger partial charge in [0.05, 0.1) is 24.0 Å². The molecule has 22 heavy (non-hydrogen) atoms. The van der Waals surface area contributed by atoms with Crippen molar-refractivity contribution in [3.63, 3.8) is 0 Å². The minimum Gasteiger partial charge on any atom is -0.506 e. The molecule has 0 aliphatic heterocycles. The topological polar surface area (TPSA) is 94.1 Å². The zero-order valence-electron chi connectivity index (χ0n) is 13.1. The van der Waals surface area contributed by atoms with Gasteiger partial charge in [0.1, 0.15) is 5.76 Å². The predicted octanol–water partition coefficient (Wildman–Crippen LogP) is 2.80. The molecule has 4 N–H and O–H groups in total. The van der Waals surface area contributed by atoms with Crippen LogP contribution in [0.4, 0.5) is 5.95 Å². The van der Waals surface area contributed by atoms with E-state index in [0.717, 1.165) is 28.9 Å². The fraction of sp³-hybridized carbons (Fsp3) is 0.375. The van der Waals surface area contributed by atoms with Crippen LogP contribution in [0.5, 0.6) is 0 Å². The molecule has 0 aliphatic rings. The van der Waals surface area contributed by atoms with Crippen molar-refractivity contribution in [2.75, 3.05) is 11.9 Å². The van der Waals surface area contributed by atoms with E-state index < -0.39 is 0 Å². The van der Waals surface area contributed by atoms with E-state index in [0.29, 0.717) is 11.6 Å². The Labute approximate surface area is 130 Å². The molecule has 0 spiro atoms. The van der Waals surface area contributed by atoms with Crippen LogP contribution in [0.1, 0.15) is 30.3 Å². The summed E-state index contributed by atoms with van der Waals surface area (Å²) in [7, 11) is 0. The second kappa shape index (κ2) is 6.62. The minimum absolute atomic E-state index is 0.00517. The molecule has 0 fully saturated rings. The monoisotopic (exact) mass is 302 g/mol. The van der Waals surface area contributed by atoms with E-state index in [-0.39, 0.29) is 18.4 Å². The lowest BCUT2D eigenvalue weighted by Crippen LogP contribution is -2.23. The number of aliphatic hydroxyl groups is 2. The van der Waals surface area contributed by atoms with E-state index in [1.807, 2.05) is 26.8 Å². The van der Waals surface area contributed by atoms with Crippen LogP contribution in [0.15, 0.2) is 18.8 Å². The maximum absolute atomic E-state index is 9.63. The molecule has 0 aliphatic carbocycles. The predicted molar refractivity (Wildman–Crippen MR) is 87.7 cm³/mol. The maximum Gasteiger partial charge on any atom is 0.223 e. The Morgan fingerprint density at radius 3 is 2.73 bits per heavy atom. The number of nitrogens with zero attached hydrogens (tertiary/aromatic N) is 2. The number of rotatable bonds is 6. The van der Waals surface area contributed by atoms with Crippen molar-refractivity contribution < 1.29 is 10.2 Å². The fourth-order valence-corrected chi connectivity index (χ4v) is 2.45. The summed E-state index contributed by atoms with van der Waals surface area (Å²) >= 11 is 0. The zero-order chi connectivity index (χ0) is 16.3. The van der Waals surface area contributed by atoms with E-state index in [9.17, 15) is 10.2 Å². The molecule has 0 saturated carbocycles. The Bertz CT molecular complexity index is 675. The summed E-state index contributed by atoms with van der Waals surface area (Å²) in [5.74, 6) is 0.480. The van der Waals surface area contributed by atoms with Crippen molar-refractivity contribution in [2.24, 2.45) is 0 Å². The first-order valence-corrected chi connectivity index (χ1v) is 7.26. The first kappa shape index (κ1) is 16.0. The van der Waals surface area contributed by atoms with Crippen LogP contribution >= 0.6 is 0 Å². The van der Waals surface area contributed by atoms with Crippen molar-refractivity contribution in [1.82, 2.24) is 15.0 Å². The number of aromatic nitrogens is 3. The van der Waals surface area contributed by atoms with Gasteiger partial charge in [0.25, 0.3) is 0 Å². The summed E-state index contributed by atoms with van der Waals surface area (Å²) < 4.78 is 0. The van der Waals surface area contributed by atoms with Gasteiger partial charge in [-0.25, -0.2) is 9.97 Å². The molecule has 2 heterocycles. The molecule has 0 radical (unpaired) electrons. The molecule has 0 bridgehead atoms. The van der Waals surface area contributed by atoms with Gasteiger partial charge in [-0.3, -0.25) is 0 Å². The van der Waals surface area contributed by atoms with Crippen molar-refractivity contribution in [1.29, 1.82) is 0 Å². The average molecular weight is 302 g/mol. The zero-order valence-corrected chi connectivity index (χ0v) is 13.1. The highest BCUT2D eigenvalue weighted by Crippen LogP contribution is 2.30. The van der Waals surface area contributed by atoms with Gasteiger partial charge in [0.2, 0.25) is 5.95 Å². The molecule has 2 rings (SSSR count). The van der Waals surface area contributed by atoms with Crippen molar-refractivity contribution >= 4 is 11.7 Å². The molecule has 0 saturated heterocycles. The SMILES string of the molecule is C=C(O)c1[nH]c(C)c(-c2ccnc(N[C@@H](CC)CO)n2)c1C. The smallest absolute Gasteiger partial charge is 0.223 e. The van der Waals surface area contributed by atoms with Gasteiger partial charge < -0.3 is 20.5 Å². The molecule has 6 heteroatoms. The van der Waals surface area contributed by atoms with Gasteiger partial charge >= 0.3 is 0 Å². The Balaban J connectivity index is 2.40. The van der Waals surface area contributed by atoms with E-state index in [4.69, 9.17) is 0 Å². The van der Waals surface area contributed by atoms with Crippen LogP contribution in [-0.2, 0) is 0 Å². The van der Waals surface area contributed by atoms with E-state index in [1.54, 1.807) is 6.20 Å². The van der Waals surface area contributed by atoms with Crippen LogP contribution in [0, 0.1) is 13.8 Å². The second-order valence-corrected chi connectivity index (χ2v) is 5.27. The van der Waals surface area contributed by atoms with Gasteiger partial charge in [-0.1, -0.05) is 13.5 Å². The highest BCUT2D eigenvalue weighted by Gasteiger charge is 2.16. The molecule has 0 aromatic carbocycles. The van der Waals surface area contributed by atoms with Gasteiger partial charge in [-0.2, -0.15) is 0 Å². The number of aromatic amines is 1. The van der Waals surface area contributed by atoms with Crippen LogP contribution in [0.25, 0.3) is 17.0 Å². The number of anilines is 1. The van der Waals surface area contributed by atoms with E-state index in [2.05, 4.69) is 26.8 Å². The number of nitrogens with one attached hydrogen (secondary N) is 2. The van der Waals surface area contributed by atoms with Crippen molar-refractivity contribution in [3.8, 4) is 11.3 Å². The summed E-state index contributed by atoms with van der Waals surface area (Å²) in [5, 5.41) is 22.0. The van der Waals surface area contributed by atoms with Gasteiger partial charge in [0, 0.05) is 17.5 Å². The Hall–Kier alpha value is -2.34. The van der Waals surface area contributed by atoms with Gasteiger partial charge in [-0.15, -0.1) is 0 Å². The third-order valence-corrected chi connectivity index (χ3v) is 3.68. The van der Waals surface area contributed by atoms with Crippen molar-refractivity contribution in [2.45, 2.75) is 33.2 Å². The molecule has 1 atom stereocenters. The summed E-state index contributed by atoms with van der Waals surface area (Å²) in [6.07, 6.45) is 2.45. The summed E-state index contributed by atoms with van der Waals surface area (Å²) in [4.78, 5) is 11.8. The number of aryl methyl sites for hydroxylation is 1. The number of hydrogen-bond donors (Lipinski definition) is 4. The summed E-state index contributed by atoms with van der Waals surface area (Å²) in [5.41, 5.74) is 4.09. The molecule has 0 amide bonds. The lowest BCUT2D eigenvalue weighted by Gasteiger charge is -2.14. The van der Waals surface area contributed by atoms with Crippen LogP contribution < -0.4 is 5.32 Å². The van der Waals surface area contributed by atoms with Crippen LogP contribution in [0.2, 0.25) is 0 Å². The van der Waals surface area contributed by atoms with Gasteiger partial charge in [0.15, 0.2) is 0 Å². The van der Waals surface area contributed by atoms with Crippen LogP contribution in [-0.4, -0.2) is 37.8 Å². The largest absolute Gasteiger partial charge is 0.506 e. The van der Waals surface area contributed by atoms with Crippen LogP contribution in [0.3, 0.4) is 0 Å².